The van der Waals surface area contributed by atoms with Crippen molar-refractivity contribution in [1.29, 1.82) is 0 Å². The van der Waals surface area contributed by atoms with Gasteiger partial charge in [-0.2, -0.15) is 0 Å². The third-order valence-corrected chi connectivity index (χ3v) is 3.26. The summed E-state index contributed by atoms with van der Waals surface area (Å²) in [4.78, 5) is 5.17. The van der Waals surface area contributed by atoms with Gasteiger partial charge in [-0.1, -0.05) is 0 Å². The van der Waals surface area contributed by atoms with Gasteiger partial charge in [0.25, 0.3) is 0 Å². The first-order valence-corrected chi connectivity index (χ1v) is 5.29. The zero-order valence-corrected chi connectivity index (χ0v) is 8.13. The summed E-state index contributed by atoms with van der Waals surface area (Å²) < 4.78 is 0. The van der Waals surface area contributed by atoms with Gasteiger partial charge in [0, 0.05) is 12.6 Å². The van der Waals surface area contributed by atoms with Gasteiger partial charge in [0.05, 0.1) is 0 Å². The molecule has 2 saturated heterocycles. The lowest BCUT2D eigenvalue weighted by Gasteiger charge is -2.35. The number of rotatable bonds is 1. The fourth-order valence-corrected chi connectivity index (χ4v) is 2.54. The normalized spacial score (nSPS) is 34.2. The Hall–Kier alpha value is -0.0800. The topological polar surface area (TPSA) is 6.48 Å². The molecule has 0 aromatic carbocycles. The molecule has 2 aliphatic rings. The summed E-state index contributed by atoms with van der Waals surface area (Å²) in [6, 6.07) is 0.881. The summed E-state index contributed by atoms with van der Waals surface area (Å²) in [5.41, 5.74) is 0. The molecular formula is C10H20N2. The van der Waals surface area contributed by atoms with Gasteiger partial charge >= 0.3 is 0 Å². The van der Waals surface area contributed by atoms with Crippen molar-refractivity contribution < 1.29 is 0 Å². The molecular weight excluding hydrogens is 148 g/mol. The lowest BCUT2D eigenvalue weighted by atomic mass is 10.1. The number of piperidine rings is 1. The zero-order chi connectivity index (χ0) is 8.39. The van der Waals surface area contributed by atoms with E-state index in [4.69, 9.17) is 0 Å². The highest BCUT2D eigenvalue weighted by Gasteiger charge is 2.25. The molecule has 0 aliphatic carbocycles. The average Bonchev–Trinajstić information content (AvgIpc) is 2.56. The molecule has 0 bridgehead atoms. The lowest BCUT2D eigenvalue weighted by molar-refractivity contribution is 0.134. The van der Waals surface area contributed by atoms with Crippen molar-refractivity contribution in [3.8, 4) is 0 Å². The van der Waals surface area contributed by atoms with Crippen LogP contribution >= 0.6 is 0 Å². The summed E-state index contributed by atoms with van der Waals surface area (Å²) >= 11 is 0. The Labute approximate surface area is 75.5 Å². The molecule has 2 nitrogen and oxygen atoms in total. The Balaban J connectivity index is 1.85. The van der Waals surface area contributed by atoms with Crippen LogP contribution in [0.3, 0.4) is 0 Å². The van der Waals surface area contributed by atoms with E-state index < -0.39 is 0 Å². The van der Waals surface area contributed by atoms with E-state index in [0.29, 0.717) is 0 Å². The Morgan fingerprint density at radius 1 is 1.00 bits per heavy atom. The summed E-state index contributed by atoms with van der Waals surface area (Å²) in [6.45, 7) is 5.33. The first-order chi connectivity index (χ1) is 5.86. The van der Waals surface area contributed by atoms with Crippen molar-refractivity contribution in [3.63, 3.8) is 0 Å². The fraction of sp³-hybridized carbons (Fsp3) is 1.00. The van der Waals surface area contributed by atoms with Crippen molar-refractivity contribution in [1.82, 2.24) is 9.80 Å². The van der Waals surface area contributed by atoms with Crippen molar-refractivity contribution in [2.24, 2.45) is 0 Å². The second-order valence-electron chi connectivity index (χ2n) is 4.30. The summed E-state index contributed by atoms with van der Waals surface area (Å²) in [6.07, 6.45) is 5.70. The van der Waals surface area contributed by atoms with E-state index in [-0.39, 0.29) is 0 Å². The van der Waals surface area contributed by atoms with Crippen LogP contribution in [0.2, 0.25) is 0 Å². The van der Waals surface area contributed by atoms with Gasteiger partial charge < -0.3 is 4.90 Å². The number of likely N-dealkylation sites (tertiary alicyclic amines) is 2. The van der Waals surface area contributed by atoms with E-state index in [1.165, 1.54) is 51.9 Å². The van der Waals surface area contributed by atoms with Crippen LogP contribution in [0.15, 0.2) is 0 Å². The van der Waals surface area contributed by atoms with E-state index in [9.17, 15) is 0 Å². The summed E-state index contributed by atoms with van der Waals surface area (Å²) in [5.74, 6) is 0. The minimum atomic E-state index is 0.881. The molecule has 2 fully saturated rings. The number of hydrogen-bond donors (Lipinski definition) is 0. The van der Waals surface area contributed by atoms with E-state index in [0.717, 1.165) is 6.04 Å². The smallest absolute Gasteiger partial charge is 0.0223 e. The third kappa shape index (κ3) is 1.80. The number of likely N-dealkylation sites (N-methyl/N-ethyl adjacent to an activating group) is 1. The number of nitrogens with zero attached hydrogens (tertiary/aromatic N) is 2. The van der Waals surface area contributed by atoms with Gasteiger partial charge in [0.1, 0.15) is 0 Å². The molecule has 0 saturated carbocycles. The highest BCUT2D eigenvalue weighted by molar-refractivity contribution is 4.81. The van der Waals surface area contributed by atoms with Crippen molar-refractivity contribution in [3.05, 3.63) is 0 Å². The first-order valence-electron chi connectivity index (χ1n) is 5.29. The van der Waals surface area contributed by atoms with Gasteiger partial charge in [-0.25, -0.2) is 0 Å². The Bertz CT molecular complexity index is 141. The molecule has 2 heteroatoms. The largest absolute Gasteiger partial charge is 0.305 e. The van der Waals surface area contributed by atoms with Crippen molar-refractivity contribution in [2.45, 2.75) is 31.7 Å². The summed E-state index contributed by atoms with van der Waals surface area (Å²) in [7, 11) is 2.25. The SMILES string of the molecule is CN1CCC[C@@H](N2CCCC2)C1. The predicted octanol–water partition coefficient (Wildman–Crippen LogP) is 1.18. The molecule has 2 rings (SSSR count). The van der Waals surface area contributed by atoms with Gasteiger partial charge in [0.15, 0.2) is 0 Å². The molecule has 2 aliphatic heterocycles. The standard InChI is InChI=1S/C10H20N2/c1-11-6-4-5-10(9-11)12-7-2-3-8-12/h10H,2-9H2,1H3/t10-/m1/s1. The van der Waals surface area contributed by atoms with Gasteiger partial charge in [0.2, 0.25) is 0 Å². The Morgan fingerprint density at radius 2 is 1.75 bits per heavy atom. The van der Waals surface area contributed by atoms with Gasteiger partial charge in [-0.15, -0.1) is 0 Å². The maximum atomic E-state index is 2.69. The lowest BCUT2D eigenvalue weighted by Crippen LogP contribution is -2.45. The van der Waals surface area contributed by atoms with Crippen LogP contribution in [0.25, 0.3) is 0 Å². The Morgan fingerprint density at radius 3 is 2.42 bits per heavy atom. The highest BCUT2D eigenvalue weighted by Crippen LogP contribution is 2.19. The molecule has 0 radical (unpaired) electrons. The fourth-order valence-electron chi connectivity index (χ4n) is 2.54. The Kier molecular flexibility index (Phi) is 2.66. The molecule has 0 unspecified atom stereocenters. The van der Waals surface area contributed by atoms with Crippen molar-refractivity contribution in [2.75, 3.05) is 33.2 Å². The van der Waals surface area contributed by atoms with Crippen LogP contribution in [0.1, 0.15) is 25.7 Å². The maximum absolute atomic E-state index is 2.69. The van der Waals surface area contributed by atoms with Gasteiger partial charge in [-0.05, 0) is 52.4 Å². The van der Waals surface area contributed by atoms with E-state index in [1.807, 2.05) is 0 Å². The quantitative estimate of drug-likeness (QED) is 0.580. The van der Waals surface area contributed by atoms with Crippen LogP contribution in [0.5, 0.6) is 0 Å². The number of hydrogen-bond acceptors (Lipinski definition) is 2. The molecule has 12 heavy (non-hydrogen) atoms. The van der Waals surface area contributed by atoms with E-state index >= 15 is 0 Å². The second-order valence-corrected chi connectivity index (χ2v) is 4.30. The highest BCUT2D eigenvalue weighted by atomic mass is 15.2. The minimum Gasteiger partial charge on any atom is -0.305 e. The van der Waals surface area contributed by atoms with Crippen LogP contribution < -0.4 is 0 Å². The molecule has 0 aromatic heterocycles. The molecule has 0 amide bonds. The van der Waals surface area contributed by atoms with Crippen LogP contribution in [0.4, 0.5) is 0 Å². The monoisotopic (exact) mass is 168 g/mol. The summed E-state index contributed by atoms with van der Waals surface area (Å²) in [5, 5.41) is 0. The molecule has 70 valence electrons. The van der Waals surface area contributed by atoms with Crippen LogP contribution in [0, 0.1) is 0 Å². The molecule has 1 atom stereocenters. The van der Waals surface area contributed by atoms with Crippen LogP contribution in [-0.4, -0.2) is 49.1 Å². The molecule has 0 spiro atoms. The average molecular weight is 168 g/mol. The second kappa shape index (κ2) is 3.75. The molecule has 0 aromatic rings. The first kappa shape index (κ1) is 8.52. The van der Waals surface area contributed by atoms with Gasteiger partial charge in [-0.3, -0.25) is 4.90 Å². The minimum absolute atomic E-state index is 0.881. The molecule has 2 heterocycles. The van der Waals surface area contributed by atoms with E-state index in [2.05, 4.69) is 16.8 Å². The maximum Gasteiger partial charge on any atom is 0.0223 e. The predicted molar refractivity (Wildman–Crippen MR) is 51.3 cm³/mol. The van der Waals surface area contributed by atoms with Crippen molar-refractivity contribution >= 4 is 0 Å². The molecule has 0 N–H and O–H groups in total. The third-order valence-electron chi connectivity index (χ3n) is 3.26. The van der Waals surface area contributed by atoms with E-state index in [1.54, 1.807) is 0 Å². The van der Waals surface area contributed by atoms with Crippen LogP contribution in [-0.2, 0) is 0 Å². The zero-order valence-electron chi connectivity index (χ0n) is 8.13.